The van der Waals surface area contributed by atoms with Gasteiger partial charge in [0.2, 0.25) is 5.69 Å². The molecule has 1 heterocycles. The van der Waals surface area contributed by atoms with Crippen LogP contribution in [0.4, 0.5) is 22.1 Å². The molecule has 2 atom stereocenters. The molecule has 1 saturated carbocycles. The van der Waals surface area contributed by atoms with Gasteiger partial charge in [-0.3, -0.25) is 9.59 Å². The summed E-state index contributed by atoms with van der Waals surface area (Å²) in [5.74, 6) is -0.758. The fraction of sp³-hybridized carbons (Fsp3) is 0.611. The zero-order valence-electron chi connectivity index (χ0n) is 29.4. The van der Waals surface area contributed by atoms with Gasteiger partial charge in [-0.05, 0) is 76.8 Å². The van der Waals surface area contributed by atoms with E-state index < -0.39 is 0 Å². The number of ketones is 1. The highest BCUT2D eigenvalue weighted by molar-refractivity contribution is 7.17. The summed E-state index contributed by atoms with van der Waals surface area (Å²) in [4.78, 5) is 30.4. The number of hydrogen-bond acceptors (Lipinski definition) is 12. The number of Topliss-reactive ketones (excluding diaryl/α,β-unsaturated/α-hetero) is 1. The molecule has 0 bridgehead atoms. The lowest BCUT2D eigenvalue weighted by Gasteiger charge is -2.29. The number of azo groups is 1. The Morgan fingerprint density at radius 2 is 1.55 bits per heavy atom. The molecule has 1 fully saturated rings. The standard InChI is InChI=1S/C36H49N5O7S/c1-25(2)41(29-11-12-32(26(3)23-29)39-40-35-34(38-6)27(4)33(24-37)49-35)13-14-44-15-16-45-17-18-46-19-20-47-21-22-48-36(43)31-10-8-7-9-30(31)28(5)42/h11-12,23,25,30-31H,7-10,13-22H2,1-5H3. The highest BCUT2D eigenvalue weighted by Crippen LogP contribution is 2.42. The fourth-order valence-corrected chi connectivity index (χ4v) is 6.51. The van der Waals surface area contributed by atoms with Crippen LogP contribution in [0.5, 0.6) is 0 Å². The number of anilines is 1. The maximum atomic E-state index is 12.4. The normalized spacial score (nSPS) is 16.1. The van der Waals surface area contributed by atoms with Gasteiger partial charge in [-0.1, -0.05) is 12.8 Å². The molecule has 2 unspecified atom stereocenters. The van der Waals surface area contributed by atoms with Crippen molar-refractivity contribution in [2.24, 2.45) is 22.1 Å². The van der Waals surface area contributed by atoms with Gasteiger partial charge < -0.3 is 28.6 Å². The van der Waals surface area contributed by atoms with Gasteiger partial charge >= 0.3 is 5.97 Å². The molecule has 12 nitrogen and oxygen atoms in total. The summed E-state index contributed by atoms with van der Waals surface area (Å²) >= 11 is 1.18. The summed E-state index contributed by atoms with van der Waals surface area (Å²) in [6, 6.07) is 8.35. The Kier molecular flexibility index (Phi) is 17.3. The molecule has 13 heteroatoms. The molecule has 0 amide bonds. The van der Waals surface area contributed by atoms with Crippen molar-refractivity contribution in [1.82, 2.24) is 0 Å². The summed E-state index contributed by atoms with van der Waals surface area (Å²) in [6.07, 6.45) is 3.42. The van der Waals surface area contributed by atoms with Crippen molar-refractivity contribution in [3.05, 3.63) is 45.6 Å². The quantitative estimate of drug-likeness (QED) is 0.0565. The Balaban J connectivity index is 1.24. The minimum absolute atomic E-state index is 0.0670. The molecule has 3 rings (SSSR count). The van der Waals surface area contributed by atoms with Crippen molar-refractivity contribution >= 4 is 45.2 Å². The maximum absolute atomic E-state index is 12.4. The molecule has 49 heavy (non-hydrogen) atoms. The molecule has 0 spiro atoms. The molecule has 266 valence electrons. The highest BCUT2D eigenvalue weighted by Gasteiger charge is 2.34. The predicted octanol–water partition coefficient (Wildman–Crippen LogP) is 7.42. The van der Waals surface area contributed by atoms with Crippen molar-refractivity contribution in [3.63, 3.8) is 0 Å². The number of carbonyl (C=O) groups is 2. The van der Waals surface area contributed by atoms with Gasteiger partial charge in [0.15, 0.2) is 0 Å². The summed E-state index contributed by atoms with van der Waals surface area (Å²) in [6.45, 7) is 21.3. The first-order chi connectivity index (χ1) is 23.7. The van der Waals surface area contributed by atoms with E-state index in [0.717, 1.165) is 30.5 Å². The van der Waals surface area contributed by atoms with Crippen molar-refractivity contribution in [3.8, 4) is 6.07 Å². The number of hydrogen-bond donors (Lipinski definition) is 0. The van der Waals surface area contributed by atoms with Crippen LogP contribution in [0, 0.1) is 43.6 Å². The van der Waals surface area contributed by atoms with Crippen molar-refractivity contribution in [2.45, 2.75) is 66.3 Å². The van der Waals surface area contributed by atoms with Crippen LogP contribution in [0.2, 0.25) is 0 Å². The number of ether oxygens (including phenoxy) is 5. The second-order valence-corrected chi connectivity index (χ2v) is 13.1. The zero-order chi connectivity index (χ0) is 35.6. The Morgan fingerprint density at radius 3 is 2.10 bits per heavy atom. The predicted molar refractivity (Wildman–Crippen MR) is 188 cm³/mol. The third kappa shape index (κ3) is 12.6. The minimum Gasteiger partial charge on any atom is -0.463 e. The van der Waals surface area contributed by atoms with E-state index in [9.17, 15) is 14.9 Å². The number of rotatable bonds is 21. The van der Waals surface area contributed by atoms with E-state index in [0.29, 0.717) is 92.6 Å². The number of aryl methyl sites for hydroxylation is 1. The lowest BCUT2D eigenvalue weighted by molar-refractivity contribution is -0.155. The number of nitrogens with zero attached hydrogens (tertiary/aromatic N) is 5. The van der Waals surface area contributed by atoms with Crippen LogP contribution in [0.25, 0.3) is 4.85 Å². The van der Waals surface area contributed by atoms with E-state index in [1.54, 1.807) is 13.8 Å². The maximum Gasteiger partial charge on any atom is 0.309 e. The summed E-state index contributed by atoms with van der Waals surface area (Å²) in [5, 5.41) is 18.4. The second-order valence-electron chi connectivity index (χ2n) is 12.1. The van der Waals surface area contributed by atoms with E-state index >= 15 is 0 Å². The van der Waals surface area contributed by atoms with E-state index in [1.165, 1.54) is 11.3 Å². The summed E-state index contributed by atoms with van der Waals surface area (Å²) < 4.78 is 27.8. The smallest absolute Gasteiger partial charge is 0.309 e. The third-order valence-electron chi connectivity index (χ3n) is 8.35. The van der Waals surface area contributed by atoms with Gasteiger partial charge in [-0.2, -0.15) is 15.5 Å². The molecule has 1 aliphatic carbocycles. The first-order valence-electron chi connectivity index (χ1n) is 16.9. The van der Waals surface area contributed by atoms with Crippen LogP contribution in [0.1, 0.15) is 62.5 Å². The third-order valence-corrected chi connectivity index (χ3v) is 9.42. The Morgan fingerprint density at radius 1 is 0.959 bits per heavy atom. The van der Waals surface area contributed by atoms with Crippen LogP contribution in [0.3, 0.4) is 0 Å². The zero-order valence-corrected chi connectivity index (χ0v) is 30.2. The first-order valence-corrected chi connectivity index (χ1v) is 17.7. The number of benzene rings is 1. The average molecular weight is 696 g/mol. The number of carbonyl (C=O) groups excluding carboxylic acids is 2. The van der Waals surface area contributed by atoms with Gasteiger partial charge in [0, 0.05) is 24.2 Å². The molecule has 1 aliphatic rings. The number of thiophene rings is 1. The van der Waals surface area contributed by atoms with Crippen LogP contribution >= 0.6 is 11.3 Å². The van der Waals surface area contributed by atoms with Crippen LogP contribution in [0.15, 0.2) is 28.4 Å². The second kappa shape index (κ2) is 21.4. The Bertz CT molecular complexity index is 1480. The summed E-state index contributed by atoms with van der Waals surface area (Å²) in [7, 11) is 0. The molecule has 1 aromatic heterocycles. The van der Waals surface area contributed by atoms with E-state index in [2.05, 4.69) is 46.0 Å². The van der Waals surface area contributed by atoms with Crippen LogP contribution in [-0.2, 0) is 33.3 Å². The van der Waals surface area contributed by atoms with Gasteiger partial charge in [0.1, 0.15) is 23.5 Å². The minimum atomic E-state index is -0.321. The molecule has 2 aromatic rings. The SMILES string of the molecule is [C-]#[N+]c1c(N=Nc2ccc(N(CCOCCOCCOCCOCCOC(=O)C3CCCCC3C(C)=O)C(C)C)cc2C)sc(C#N)c1C. The average Bonchev–Trinajstić information content (AvgIpc) is 3.40. The van der Waals surface area contributed by atoms with E-state index in [1.807, 2.05) is 19.1 Å². The lowest BCUT2D eigenvalue weighted by Crippen LogP contribution is -2.34. The molecule has 1 aromatic carbocycles. The Labute approximate surface area is 294 Å². The molecule has 0 aliphatic heterocycles. The van der Waals surface area contributed by atoms with Crippen molar-refractivity contribution < 1.29 is 33.3 Å². The van der Waals surface area contributed by atoms with Crippen LogP contribution < -0.4 is 4.90 Å². The molecule has 0 saturated heterocycles. The van der Waals surface area contributed by atoms with Gasteiger partial charge in [0.25, 0.3) is 0 Å². The summed E-state index contributed by atoms with van der Waals surface area (Å²) in [5.41, 5.74) is 3.73. The van der Waals surface area contributed by atoms with Crippen molar-refractivity contribution in [2.75, 3.05) is 70.9 Å². The van der Waals surface area contributed by atoms with E-state index in [-0.39, 0.29) is 36.2 Å². The Hall–Kier alpha value is -3.72. The van der Waals surface area contributed by atoms with Crippen LogP contribution in [-0.4, -0.2) is 83.8 Å². The van der Waals surface area contributed by atoms with Gasteiger partial charge in [0.05, 0.1) is 75.9 Å². The first kappa shape index (κ1) is 39.7. The molecule has 0 N–H and O–H groups in total. The van der Waals surface area contributed by atoms with Crippen molar-refractivity contribution in [1.29, 1.82) is 5.26 Å². The topological polar surface area (TPSA) is 136 Å². The molecule has 0 radical (unpaired) electrons. The molecular formula is C36H49N5O7S. The number of nitriles is 1. The number of esters is 1. The highest BCUT2D eigenvalue weighted by atomic mass is 32.1. The lowest BCUT2D eigenvalue weighted by atomic mass is 9.77. The van der Waals surface area contributed by atoms with E-state index in [4.69, 9.17) is 30.3 Å². The van der Waals surface area contributed by atoms with Gasteiger partial charge in [-0.25, -0.2) is 4.85 Å². The fourth-order valence-electron chi connectivity index (χ4n) is 5.64. The monoisotopic (exact) mass is 695 g/mol. The largest absolute Gasteiger partial charge is 0.463 e. The molecular weight excluding hydrogens is 646 g/mol. The van der Waals surface area contributed by atoms with Gasteiger partial charge in [-0.15, -0.1) is 11.3 Å².